The Hall–Kier alpha value is -3.33. The van der Waals surface area contributed by atoms with Crippen LogP contribution in [-0.2, 0) is 19.1 Å². The van der Waals surface area contributed by atoms with Gasteiger partial charge < -0.3 is 20.1 Å². The fourth-order valence-corrected chi connectivity index (χ4v) is 3.72. The first-order valence-corrected chi connectivity index (χ1v) is 10.6. The van der Waals surface area contributed by atoms with Crippen LogP contribution in [-0.4, -0.2) is 43.8 Å². The number of hydrogen-bond acceptors (Lipinski definition) is 7. The third-order valence-electron chi connectivity index (χ3n) is 4.63. The normalized spacial score (nSPS) is 13.2. The maximum Gasteiger partial charge on any atom is 0.315 e. The minimum absolute atomic E-state index is 0.0309. The molecule has 31 heavy (non-hydrogen) atoms. The van der Waals surface area contributed by atoms with Crippen molar-refractivity contribution in [3.05, 3.63) is 59.7 Å². The van der Waals surface area contributed by atoms with E-state index in [0.717, 1.165) is 10.5 Å². The van der Waals surface area contributed by atoms with Crippen molar-refractivity contribution in [1.82, 2.24) is 15.4 Å². The molecule has 9 heteroatoms. The molecule has 0 radical (unpaired) electrons. The zero-order valence-electron chi connectivity index (χ0n) is 17.3. The molecule has 0 saturated carbocycles. The zero-order valence-corrected chi connectivity index (χ0v) is 18.1. The van der Waals surface area contributed by atoms with Gasteiger partial charge in [0.1, 0.15) is 6.61 Å². The number of carbonyl (C=O) groups excluding carboxylic acids is 3. The predicted molar refractivity (Wildman–Crippen MR) is 119 cm³/mol. The monoisotopic (exact) mass is 440 g/mol. The molecule has 0 aromatic heterocycles. The van der Waals surface area contributed by atoms with Crippen LogP contribution in [0.5, 0.6) is 0 Å². The van der Waals surface area contributed by atoms with Crippen molar-refractivity contribution in [3.63, 3.8) is 0 Å². The number of benzene rings is 2. The smallest absolute Gasteiger partial charge is 0.315 e. The van der Waals surface area contributed by atoms with E-state index < -0.39 is 17.8 Å². The molecule has 1 aliphatic rings. The summed E-state index contributed by atoms with van der Waals surface area (Å²) in [6.07, 6.45) is 0.0763. The van der Waals surface area contributed by atoms with E-state index in [9.17, 15) is 14.4 Å². The number of amides is 2. The molecular formula is C22H24N4O4S. The van der Waals surface area contributed by atoms with Gasteiger partial charge in [0, 0.05) is 13.6 Å². The predicted octanol–water partition coefficient (Wildman–Crippen LogP) is 2.21. The topological polar surface area (TPSA) is 109 Å². The minimum Gasteiger partial charge on any atom is -0.465 e. The zero-order chi connectivity index (χ0) is 22.2. The van der Waals surface area contributed by atoms with Gasteiger partial charge in [-0.2, -0.15) is 0 Å². The summed E-state index contributed by atoms with van der Waals surface area (Å²) < 4.78 is 8.21. The molecule has 2 aromatic rings. The summed E-state index contributed by atoms with van der Waals surface area (Å²) in [6, 6.07) is 14.8. The lowest BCUT2D eigenvalue weighted by atomic mass is 9.99. The average Bonchev–Trinajstić information content (AvgIpc) is 2.79. The van der Waals surface area contributed by atoms with E-state index in [1.807, 2.05) is 43.3 Å². The molecule has 0 fully saturated rings. The maximum atomic E-state index is 12.7. The van der Waals surface area contributed by atoms with Crippen LogP contribution in [0.2, 0.25) is 0 Å². The van der Waals surface area contributed by atoms with Crippen LogP contribution in [0.3, 0.4) is 0 Å². The molecule has 1 atom stereocenters. The SMILES string of the molecule is CNC(=O)CCOC(=O)C(CNC(=O)C1=Nc2ccc(C)cc2SN1)c1ccccc1. The summed E-state index contributed by atoms with van der Waals surface area (Å²) >= 11 is 1.32. The third kappa shape index (κ3) is 6.08. The molecule has 3 rings (SSSR count). The Morgan fingerprint density at radius 2 is 1.94 bits per heavy atom. The molecule has 1 unspecified atom stereocenters. The number of nitrogens with one attached hydrogen (secondary N) is 3. The highest BCUT2D eigenvalue weighted by atomic mass is 32.2. The standard InChI is InChI=1S/C22H24N4O4S/c1-14-8-9-17-18(12-14)31-26-20(25-17)21(28)24-13-16(15-6-4-3-5-7-15)22(29)30-11-10-19(27)23-2/h3-9,12,16H,10-11,13H2,1-2H3,(H,23,27)(H,24,28)(H,25,26). The van der Waals surface area contributed by atoms with Crippen molar-refractivity contribution >= 4 is 41.3 Å². The van der Waals surface area contributed by atoms with E-state index >= 15 is 0 Å². The number of esters is 1. The molecule has 0 spiro atoms. The number of hydrogen-bond donors (Lipinski definition) is 3. The highest BCUT2D eigenvalue weighted by molar-refractivity contribution is 7.98. The lowest BCUT2D eigenvalue weighted by molar-refractivity contribution is -0.146. The maximum absolute atomic E-state index is 12.7. The van der Waals surface area contributed by atoms with Crippen LogP contribution in [0, 0.1) is 6.92 Å². The second kappa shape index (κ2) is 10.6. The van der Waals surface area contributed by atoms with Crippen LogP contribution in [0.1, 0.15) is 23.5 Å². The lowest BCUT2D eigenvalue weighted by Crippen LogP contribution is -2.41. The first-order valence-electron chi connectivity index (χ1n) is 9.80. The second-order valence-electron chi connectivity index (χ2n) is 6.90. The van der Waals surface area contributed by atoms with Gasteiger partial charge in [0.2, 0.25) is 11.7 Å². The molecule has 3 N–H and O–H groups in total. The number of fused-ring (bicyclic) bond motifs is 1. The molecular weight excluding hydrogens is 416 g/mol. The van der Waals surface area contributed by atoms with Crippen molar-refractivity contribution in [1.29, 1.82) is 0 Å². The summed E-state index contributed by atoms with van der Waals surface area (Å²) in [5.74, 6) is -1.68. The first-order chi connectivity index (χ1) is 15.0. The van der Waals surface area contributed by atoms with Crippen molar-refractivity contribution in [2.45, 2.75) is 24.2 Å². The van der Waals surface area contributed by atoms with Crippen LogP contribution in [0.25, 0.3) is 0 Å². The van der Waals surface area contributed by atoms with Crippen molar-refractivity contribution in [2.24, 2.45) is 4.99 Å². The van der Waals surface area contributed by atoms with E-state index in [0.29, 0.717) is 11.3 Å². The van der Waals surface area contributed by atoms with Gasteiger partial charge in [0.05, 0.1) is 22.9 Å². The highest BCUT2D eigenvalue weighted by Gasteiger charge is 2.25. The van der Waals surface area contributed by atoms with Crippen LogP contribution in [0.15, 0.2) is 58.4 Å². The number of nitrogens with zero attached hydrogens (tertiary/aromatic N) is 1. The quantitative estimate of drug-likeness (QED) is 0.429. The summed E-state index contributed by atoms with van der Waals surface area (Å²) in [6.45, 7) is 1.99. The van der Waals surface area contributed by atoms with Gasteiger partial charge in [-0.05, 0) is 42.1 Å². The Kier molecular flexibility index (Phi) is 7.66. The van der Waals surface area contributed by atoms with Gasteiger partial charge >= 0.3 is 5.97 Å². The Morgan fingerprint density at radius 3 is 2.68 bits per heavy atom. The first kappa shape index (κ1) is 22.4. The molecule has 0 saturated heterocycles. The van der Waals surface area contributed by atoms with Gasteiger partial charge in [-0.1, -0.05) is 36.4 Å². The van der Waals surface area contributed by atoms with E-state index in [1.54, 1.807) is 12.1 Å². The summed E-state index contributed by atoms with van der Waals surface area (Å²) in [5.41, 5.74) is 2.53. The van der Waals surface area contributed by atoms with Gasteiger partial charge in [-0.3, -0.25) is 14.4 Å². The fourth-order valence-electron chi connectivity index (χ4n) is 2.91. The summed E-state index contributed by atoms with van der Waals surface area (Å²) in [4.78, 5) is 42.0. The van der Waals surface area contributed by atoms with Gasteiger partial charge in [-0.25, -0.2) is 4.99 Å². The van der Waals surface area contributed by atoms with Crippen molar-refractivity contribution < 1.29 is 19.1 Å². The molecule has 0 bridgehead atoms. The molecule has 2 aromatic carbocycles. The number of rotatable bonds is 8. The van der Waals surface area contributed by atoms with Crippen molar-refractivity contribution in [2.75, 3.05) is 20.2 Å². The average molecular weight is 441 g/mol. The number of aliphatic imine (C=N–C) groups is 1. The van der Waals surface area contributed by atoms with E-state index in [1.165, 1.54) is 19.0 Å². The second-order valence-corrected chi connectivity index (χ2v) is 7.75. The van der Waals surface area contributed by atoms with Crippen LogP contribution < -0.4 is 15.4 Å². The van der Waals surface area contributed by atoms with E-state index in [-0.39, 0.29) is 31.3 Å². The van der Waals surface area contributed by atoms with E-state index in [2.05, 4.69) is 20.3 Å². The van der Waals surface area contributed by atoms with Gasteiger partial charge in [0.25, 0.3) is 5.91 Å². The Morgan fingerprint density at radius 1 is 1.16 bits per heavy atom. The number of amidine groups is 1. The number of ether oxygens (including phenoxy) is 1. The number of carbonyl (C=O) groups is 3. The third-order valence-corrected chi connectivity index (χ3v) is 5.47. The minimum atomic E-state index is -0.707. The highest BCUT2D eigenvalue weighted by Crippen LogP contribution is 2.32. The largest absolute Gasteiger partial charge is 0.465 e. The summed E-state index contributed by atoms with van der Waals surface area (Å²) in [5, 5.41) is 5.24. The molecule has 1 heterocycles. The van der Waals surface area contributed by atoms with Crippen LogP contribution in [0.4, 0.5) is 5.69 Å². The van der Waals surface area contributed by atoms with Crippen LogP contribution >= 0.6 is 11.9 Å². The molecule has 2 amide bonds. The Bertz CT molecular complexity index is 994. The molecule has 0 aliphatic carbocycles. The fraction of sp³-hybridized carbons (Fsp3) is 0.273. The Balaban J connectivity index is 1.66. The van der Waals surface area contributed by atoms with Crippen molar-refractivity contribution in [3.8, 4) is 0 Å². The Labute approximate surface area is 185 Å². The lowest BCUT2D eigenvalue weighted by Gasteiger charge is -2.19. The van der Waals surface area contributed by atoms with Gasteiger partial charge in [-0.15, -0.1) is 0 Å². The number of aryl methyl sites for hydroxylation is 1. The van der Waals surface area contributed by atoms with Gasteiger partial charge in [0.15, 0.2) is 0 Å². The molecule has 162 valence electrons. The summed E-state index contributed by atoms with van der Waals surface area (Å²) in [7, 11) is 1.52. The molecule has 8 nitrogen and oxygen atoms in total. The molecule has 1 aliphatic heterocycles. The van der Waals surface area contributed by atoms with E-state index in [4.69, 9.17) is 4.74 Å².